The molecule has 2 aromatic heterocycles. The second-order valence-corrected chi connectivity index (χ2v) is 5.67. The number of aromatic nitrogens is 4. The molecule has 1 saturated heterocycles. The van der Waals surface area contributed by atoms with Gasteiger partial charge in [0.2, 0.25) is 0 Å². The minimum atomic E-state index is 0.293. The Bertz CT molecular complexity index is 692. The molecular weight excluding hydrogens is 308 g/mol. The zero-order valence-electron chi connectivity index (χ0n) is 14.1. The zero-order valence-corrected chi connectivity index (χ0v) is 14.1. The molecule has 0 saturated carbocycles. The molecule has 9 heteroatoms. The molecule has 0 radical (unpaired) electrons. The van der Waals surface area contributed by atoms with Crippen LogP contribution in [0, 0.1) is 0 Å². The highest BCUT2D eigenvalue weighted by molar-refractivity contribution is 5.86. The lowest BCUT2D eigenvalue weighted by Crippen LogP contribution is -2.42. The van der Waals surface area contributed by atoms with Crippen molar-refractivity contribution < 1.29 is 4.74 Å². The van der Waals surface area contributed by atoms with Crippen molar-refractivity contribution in [3.63, 3.8) is 0 Å². The molecule has 1 atom stereocenters. The van der Waals surface area contributed by atoms with Crippen molar-refractivity contribution in [2.75, 3.05) is 38.6 Å². The molecule has 3 N–H and O–H groups in total. The van der Waals surface area contributed by atoms with Crippen LogP contribution in [0.5, 0.6) is 0 Å². The van der Waals surface area contributed by atoms with E-state index in [1.807, 2.05) is 7.05 Å². The van der Waals surface area contributed by atoms with Crippen molar-refractivity contribution in [1.82, 2.24) is 30.4 Å². The van der Waals surface area contributed by atoms with Crippen LogP contribution in [0.15, 0.2) is 17.5 Å². The summed E-state index contributed by atoms with van der Waals surface area (Å²) in [6.45, 7) is 3.08. The number of rotatable bonds is 6. The second kappa shape index (κ2) is 7.91. The fraction of sp³-hybridized carbons (Fsp3) is 0.600. The molecule has 130 valence electrons. The summed E-state index contributed by atoms with van der Waals surface area (Å²) in [5, 5.41) is 15.0. The number of fused-ring (bicyclic) bond motifs is 1. The highest BCUT2D eigenvalue weighted by Gasteiger charge is 2.15. The molecule has 1 aliphatic rings. The first kappa shape index (κ1) is 16.4. The summed E-state index contributed by atoms with van der Waals surface area (Å²) in [5.74, 6) is 1.57. The number of hydrogen-bond donors (Lipinski definition) is 3. The van der Waals surface area contributed by atoms with Crippen LogP contribution < -0.4 is 16.0 Å². The van der Waals surface area contributed by atoms with Crippen LogP contribution in [0.2, 0.25) is 0 Å². The number of anilines is 1. The van der Waals surface area contributed by atoms with Crippen LogP contribution in [0.25, 0.3) is 11.0 Å². The number of hydrogen-bond acceptors (Lipinski definition) is 6. The monoisotopic (exact) mass is 332 g/mol. The third-order valence-electron chi connectivity index (χ3n) is 3.98. The van der Waals surface area contributed by atoms with Crippen LogP contribution in [0.3, 0.4) is 0 Å². The molecule has 2 aromatic rings. The maximum absolute atomic E-state index is 5.59. The Morgan fingerprint density at radius 3 is 3.08 bits per heavy atom. The minimum Gasteiger partial charge on any atom is -0.376 e. The third kappa shape index (κ3) is 3.91. The average molecular weight is 332 g/mol. The smallest absolute Gasteiger partial charge is 0.191 e. The van der Waals surface area contributed by atoms with Gasteiger partial charge in [-0.1, -0.05) is 0 Å². The Kier molecular flexibility index (Phi) is 5.42. The predicted molar refractivity (Wildman–Crippen MR) is 93.1 cm³/mol. The van der Waals surface area contributed by atoms with Gasteiger partial charge < -0.3 is 20.7 Å². The van der Waals surface area contributed by atoms with Gasteiger partial charge in [-0.3, -0.25) is 9.67 Å². The number of nitrogens with one attached hydrogen (secondary N) is 3. The van der Waals surface area contributed by atoms with E-state index in [1.54, 1.807) is 24.3 Å². The topological polar surface area (TPSA) is 101 Å². The lowest BCUT2D eigenvalue weighted by atomic mass is 10.2. The summed E-state index contributed by atoms with van der Waals surface area (Å²) in [6, 6.07) is 0. The first-order chi connectivity index (χ1) is 11.8. The van der Waals surface area contributed by atoms with Crippen molar-refractivity contribution in [2.24, 2.45) is 12.0 Å². The fourth-order valence-electron chi connectivity index (χ4n) is 2.70. The van der Waals surface area contributed by atoms with E-state index >= 15 is 0 Å². The van der Waals surface area contributed by atoms with Crippen LogP contribution in [-0.2, 0) is 11.8 Å². The van der Waals surface area contributed by atoms with Crippen LogP contribution in [0.1, 0.15) is 12.8 Å². The minimum absolute atomic E-state index is 0.293. The number of nitrogens with zero attached hydrogens (tertiary/aromatic N) is 5. The van der Waals surface area contributed by atoms with Crippen molar-refractivity contribution in [1.29, 1.82) is 0 Å². The largest absolute Gasteiger partial charge is 0.376 e. The molecule has 0 bridgehead atoms. The molecule has 24 heavy (non-hydrogen) atoms. The van der Waals surface area contributed by atoms with Gasteiger partial charge in [0.15, 0.2) is 11.6 Å². The Balaban J connectivity index is 1.43. The predicted octanol–water partition coefficient (Wildman–Crippen LogP) is 0.119. The van der Waals surface area contributed by atoms with Crippen molar-refractivity contribution in [2.45, 2.75) is 18.9 Å². The van der Waals surface area contributed by atoms with Gasteiger partial charge in [-0.25, -0.2) is 9.97 Å². The summed E-state index contributed by atoms with van der Waals surface area (Å²) < 4.78 is 7.33. The second-order valence-electron chi connectivity index (χ2n) is 5.67. The quantitative estimate of drug-likeness (QED) is 0.392. The summed E-state index contributed by atoms with van der Waals surface area (Å²) in [5.41, 5.74) is 0.814. The lowest BCUT2D eigenvalue weighted by molar-refractivity contribution is 0.114. The Labute approximate surface area is 140 Å². The maximum atomic E-state index is 5.59. The van der Waals surface area contributed by atoms with E-state index in [-0.39, 0.29) is 0 Å². The fourth-order valence-corrected chi connectivity index (χ4v) is 2.70. The lowest BCUT2D eigenvalue weighted by Gasteiger charge is -2.15. The Morgan fingerprint density at radius 1 is 1.38 bits per heavy atom. The van der Waals surface area contributed by atoms with E-state index in [1.165, 1.54) is 0 Å². The molecule has 3 heterocycles. The van der Waals surface area contributed by atoms with Gasteiger partial charge in [0, 0.05) is 40.3 Å². The van der Waals surface area contributed by atoms with Gasteiger partial charge in [0.1, 0.15) is 12.1 Å². The molecule has 0 aliphatic carbocycles. The number of guanidine groups is 1. The van der Waals surface area contributed by atoms with Crippen LogP contribution >= 0.6 is 0 Å². The van der Waals surface area contributed by atoms with E-state index in [4.69, 9.17) is 4.74 Å². The molecule has 0 spiro atoms. The third-order valence-corrected chi connectivity index (χ3v) is 3.98. The summed E-state index contributed by atoms with van der Waals surface area (Å²) in [4.78, 5) is 12.7. The number of aryl methyl sites for hydroxylation is 1. The van der Waals surface area contributed by atoms with Gasteiger partial charge in [0.25, 0.3) is 0 Å². The SMILES string of the molecule is CN=C(NCCNc1ncnc2c1cnn2C)NCC1CCCO1. The normalized spacial score (nSPS) is 18.1. The molecule has 1 unspecified atom stereocenters. The van der Waals surface area contributed by atoms with Crippen LogP contribution in [0.4, 0.5) is 5.82 Å². The summed E-state index contributed by atoms with van der Waals surface area (Å²) >= 11 is 0. The first-order valence-corrected chi connectivity index (χ1v) is 8.20. The van der Waals surface area contributed by atoms with E-state index in [0.29, 0.717) is 12.6 Å². The molecule has 0 aromatic carbocycles. The van der Waals surface area contributed by atoms with Crippen molar-refractivity contribution in [3.05, 3.63) is 12.5 Å². The Morgan fingerprint density at radius 2 is 2.29 bits per heavy atom. The van der Waals surface area contributed by atoms with E-state index < -0.39 is 0 Å². The highest BCUT2D eigenvalue weighted by atomic mass is 16.5. The van der Waals surface area contributed by atoms with Gasteiger partial charge in [0.05, 0.1) is 17.7 Å². The zero-order chi connectivity index (χ0) is 16.8. The van der Waals surface area contributed by atoms with E-state index in [9.17, 15) is 0 Å². The number of aliphatic imine (C=N–C) groups is 1. The number of ether oxygens (including phenoxy) is 1. The summed E-state index contributed by atoms with van der Waals surface area (Å²) in [6.07, 6.45) is 5.86. The summed E-state index contributed by atoms with van der Waals surface area (Å²) in [7, 11) is 3.63. The highest BCUT2D eigenvalue weighted by Crippen LogP contribution is 2.17. The molecule has 3 rings (SSSR count). The molecule has 1 fully saturated rings. The molecular formula is C15H24N8O. The van der Waals surface area contributed by atoms with E-state index in [2.05, 4.69) is 36.0 Å². The van der Waals surface area contributed by atoms with Gasteiger partial charge >= 0.3 is 0 Å². The standard InChI is InChI=1S/C15H24N8O/c1-16-15(19-8-11-4-3-7-24-11)18-6-5-17-13-12-9-22-23(2)14(12)21-10-20-13/h9-11H,3-8H2,1-2H3,(H2,16,18,19)(H,17,20,21). The first-order valence-electron chi connectivity index (χ1n) is 8.20. The molecule has 9 nitrogen and oxygen atoms in total. The van der Waals surface area contributed by atoms with Gasteiger partial charge in [-0.2, -0.15) is 5.10 Å². The molecule has 0 amide bonds. The maximum Gasteiger partial charge on any atom is 0.191 e. The Hall–Kier alpha value is -2.42. The average Bonchev–Trinajstić information content (AvgIpc) is 3.25. The van der Waals surface area contributed by atoms with Crippen molar-refractivity contribution in [3.8, 4) is 0 Å². The van der Waals surface area contributed by atoms with Gasteiger partial charge in [-0.05, 0) is 12.8 Å². The van der Waals surface area contributed by atoms with Crippen molar-refractivity contribution >= 4 is 22.8 Å². The van der Waals surface area contributed by atoms with Crippen LogP contribution in [-0.4, -0.2) is 65.1 Å². The van der Waals surface area contributed by atoms with Gasteiger partial charge in [-0.15, -0.1) is 0 Å². The molecule has 1 aliphatic heterocycles. The van der Waals surface area contributed by atoms with E-state index in [0.717, 1.165) is 55.3 Å².